The number of carbonyl (C=O) groups excluding carboxylic acids is 1. The molecule has 2 unspecified atom stereocenters. The third kappa shape index (κ3) is 3.25. The van der Waals surface area contributed by atoms with E-state index < -0.39 is 0 Å². The Morgan fingerprint density at radius 2 is 2.36 bits per heavy atom. The lowest BCUT2D eigenvalue weighted by Gasteiger charge is -2.13. The van der Waals surface area contributed by atoms with Gasteiger partial charge in [-0.05, 0) is 5.92 Å². The Kier molecular flexibility index (Phi) is 4.31. The average Bonchev–Trinajstić information content (AvgIpc) is 2.50. The average molecular weight is 202 g/mol. The van der Waals surface area contributed by atoms with Gasteiger partial charge in [-0.3, -0.25) is 9.63 Å². The van der Waals surface area contributed by atoms with E-state index in [9.17, 15) is 4.79 Å². The van der Waals surface area contributed by atoms with E-state index in [0.717, 1.165) is 0 Å². The van der Waals surface area contributed by atoms with Gasteiger partial charge in [0.2, 0.25) is 0 Å². The number of rotatable bonds is 4. The summed E-state index contributed by atoms with van der Waals surface area (Å²) in [5.74, 6) is -0.0680. The second-order valence-corrected chi connectivity index (χ2v) is 3.98. The molecule has 1 heterocycles. The van der Waals surface area contributed by atoms with Crippen LogP contribution in [0.1, 0.15) is 13.8 Å². The molecular formula is C9H18N2O3. The van der Waals surface area contributed by atoms with Crippen molar-refractivity contribution in [3.63, 3.8) is 0 Å². The topological polar surface area (TPSA) is 73.6 Å². The fourth-order valence-electron chi connectivity index (χ4n) is 1.20. The van der Waals surface area contributed by atoms with E-state index in [0.29, 0.717) is 25.7 Å². The van der Waals surface area contributed by atoms with Crippen LogP contribution >= 0.6 is 0 Å². The number of nitrogens with two attached hydrogens (primary N) is 1. The number of hydrogen-bond acceptors (Lipinski definition) is 4. The first kappa shape index (κ1) is 11.4. The normalized spacial score (nSPS) is 26.9. The second kappa shape index (κ2) is 5.29. The van der Waals surface area contributed by atoms with Crippen LogP contribution in [0.2, 0.25) is 0 Å². The number of amides is 1. The van der Waals surface area contributed by atoms with Gasteiger partial charge in [0.1, 0.15) is 0 Å². The standard InChI is InChI=1S/C9H18N2O3/c1-6(2)3-14-11-9(12)7-4-13-5-8(7)10/h6-8H,3-5,10H2,1-2H3,(H,11,12). The van der Waals surface area contributed by atoms with Gasteiger partial charge in [0.15, 0.2) is 0 Å². The second-order valence-electron chi connectivity index (χ2n) is 3.98. The summed E-state index contributed by atoms with van der Waals surface area (Å²) in [5.41, 5.74) is 8.06. The zero-order valence-corrected chi connectivity index (χ0v) is 8.66. The lowest BCUT2D eigenvalue weighted by Crippen LogP contribution is -2.41. The van der Waals surface area contributed by atoms with Gasteiger partial charge in [-0.25, -0.2) is 5.48 Å². The molecule has 0 aromatic heterocycles. The van der Waals surface area contributed by atoms with E-state index in [4.69, 9.17) is 15.3 Å². The lowest BCUT2D eigenvalue weighted by molar-refractivity contribution is -0.138. The summed E-state index contributed by atoms with van der Waals surface area (Å²) in [7, 11) is 0. The summed E-state index contributed by atoms with van der Waals surface area (Å²) in [4.78, 5) is 16.4. The lowest BCUT2D eigenvalue weighted by atomic mass is 10.0. The highest BCUT2D eigenvalue weighted by molar-refractivity contribution is 5.78. The molecule has 0 saturated carbocycles. The number of hydroxylamine groups is 1. The Balaban J connectivity index is 2.21. The maximum absolute atomic E-state index is 11.4. The summed E-state index contributed by atoms with van der Waals surface area (Å²) >= 11 is 0. The molecule has 1 rings (SSSR count). The molecule has 0 aliphatic carbocycles. The highest BCUT2D eigenvalue weighted by atomic mass is 16.7. The molecule has 1 amide bonds. The van der Waals surface area contributed by atoms with E-state index in [1.165, 1.54) is 0 Å². The minimum Gasteiger partial charge on any atom is -0.379 e. The van der Waals surface area contributed by atoms with Crippen molar-refractivity contribution in [2.24, 2.45) is 17.6 Å². The van der Waals surface area contributed by atoms with Gasteiger partial charge in [-0.15, -0.1) is 0 Å². The maximum Gasteiger partial charge on any atom is 0.250 e. The van der Waals surface area contributed by atoms with Crippen molar-refractivity contribution in [1.29, 1.82) is 0 Å². The first-order valence-electron chi connectivity index (χ1n) is 4.86. The first-order chi connectivity index (χ1) is 6.61. The van der Waals surface area contributed by atoms with E-state index in [2.05, 4.69) is 5.48 Å². The van der Waals surface area contributed by atoms with Crippen LogP contribution in [-0.4, -0.2) is 31.8 Å². The molecule has 5 heteroatoms. The fraction of sp³-hybridized carbons (Fsp3) is 0.889. The molecule has 0 radical (unpaired) electrons. The smallest absolute Gasteiger partial charge is 0.250 e. The minimum absolute atomic E-state index is 0.185. The van der Waals surface area contributed by atoms with Crippen LogP contribution in [-0.2, 0) is 14.4 Å². The minimum atomic E-state index is -0.276. The van der Waals surface area contributed by atoms with Gasteiger partial charge in [-0.2, -0.15) is 0 Å². The van der Waals surface area contributed by atoms with E-state index in [1.807, 2.05) is 13.8 Å². The molecule has 1 fully saturated rings. The Morgan fingerprint density at radius 3 is 2.86 bits per heavy atom. The Labute approximate surface area is 83.9 Å². The van der Waals surface area contributed by atoms with Crippen LogP contribution in [0.4, 0.5) is 0 Å². The third-order valence-corrected chi connectivity index (χ3v) is 2.05. The van der Waals surface area contributed by atoms with E-state index in [1.54, 1.807) is 0 Å². The molecule has 2 atom stereocenters. The molecule has 0 bridgehead atoms. The Morgan fingerprint density at radius 1 is 1.64 bits per heavy atom. The predicted octanol–water partition coefficient (Wildman–Crippen LogP) is -0.336. The van der Waals surface area contributed by atoms with Gasteiger partial charge in [0.25, 0.3) is 5.91 Å². The van der Waals surface area contributed by atoms with Crippen molar-refractivity contribution >= 4 is 5.91 Å². The Bertz CT molecular complexity index is 196. The van der Waals surface area contributed by atoms with Crippen molar-refractivity contribution in [2.75, 3.05) is 19.8 Å². The predicted molar refractivity (Wildman–Crippen MR) is 51.2 cm³/mol. The first-order valence-corrected chi connectivity index (χ1v) is 4.86. The van der Waals surface area contributed by atoms with Gasteiger partial charge in [0, 0.05) is 6.04 Å². The largest absolute Gasteiger partial charge is 0.379 e. The van der Waals surface area contributed by atoms with Crippen molar-refractivity contribution in [3.8, 4) is 0 Å². The summed E-state index contributed by atoms with van der Waals surface area (Å²) in [6.45, 7) is 5.36. The molecule has 1 saturated heterocycles. The van der Waals surface area contributed by atoms with Gasteiger partial charge < -0.3 is 10.5 Å². The summed E-state index contributed by atoms with van der Waals surface area (Å²) in [6, 6.07) is -0.211. The molecular weight excluding hydrogens is 184 g/mol. The highest BCUT2D eigenvalue weighted by Gasteiger charge is 2.31. The number of carbonyl (C=O) groups is 1. The van der Waals surface area contributed by atoms with Crippen LogP contribution in [0.3, 0.4) is 0 Å². The SMILES string of the molecule is CC(C)CONC(=O)C1COCC1N. The zero-order valence-electron chi connectivity index (χ0n) is 8.66. The summed E-state index contributed by atoms with van der Waals surface area (Å²) < 4.78 is 5.08. The highest BCUT2D eigenvalue weighted by Crippen LogP contribution is 2.11. The zero-order chi connectivity index (χ0) is 10.6. The molecule has 14 heavy (non-hydrogen) atoms. The van der Waals surface area contributed by atoms with Gasteiger partial charge in [0.05, 0.1) is 25.7 Å². The number of ether oxygens (including phenoxy) is 1. The van der Waals surface area contributed by atoms with Crippen molar-refractivity contribution in [2.45, 2.75) is 19.9 Å². The van der Waals surface area contributed by atoms with Gasteiger partial charge >= 0.3 is 0 Å². The number of nitrogens with one attached hydrogen (secondary N) is 1. The molecule has 0 aromatic carbocycles. The molecule has 1 aliphatic heterocycles. The molecule has 3 N–H and O–H groups in total. The van der Waals surface area contributed by atoms with Crippen LogP contribution < -0.4 is 11.2 Å². The van der Waals surface area contributed by atoms with Gasteiger partial charge in [-0.1, -0.05) is 13.8 Å². The fourth-order valence-corrected chi connectivity index (χ4v) is 1.20. The summed E-state index contributed by atoms with van der Waals surface area (Å²) in [6.07, 6.45) is 0. The van der Waals surface area contributed by atoms with Crippen LogP contribution in [0, 0.1) is 11.8 Å². The van der Waals surface area contributed by atoms with E-state index in [-0.39, 0.29) is 17.9 Å². The molecule has 0 aromatic rings. The molecule has 1 aliphatic rings. The monoisotopic (exact) mass is 202 g/mol. The number of hydrogen-bond donors (Lipinski definition) is 2. The van der Waals surface area contributed by atoms with Crippen LogP contribution in [0.5, 0.6) is 0 Å². The van der Waals surface area contributed by atoms with Crippen molar-refractivity contribution in [1.82, 2.24) is 5.48 Å². The van der Waals surface area contributed by atoms with Crippen molar-refractivity contribution < 1.29 is 14.4 Å². The van der Waals surface area contributed by atoms with Crippen LogP contribution in [0.25, 0.3) is 0 Å². The van der Waals surface area contributed by atoms with Crippen LogP contribution in [0.15, 0.2) is 0 Å². The van der Waals surface area contributed by atoms with Crippen molar-refractivity contribution in [3.05, 3.63) is 0 Å². The Hall–Kier alpha value is -0.650. The van der Waals surface area contributed by atoms with E-state index >= 15 is 0 Å². The molecule has 82 valence electrons. The quantitative estimate of drug-likeness (QED) is 0.612. The third-order valence-electron chi connectivity index (χ3n) is 2.05. The molecule has 5 nitrogen and oxygen atoms in total. The summed E-state index contributed by atoms with van der Waals surface area (Å²) in [5, 5.41) is 0. The molecule has 0 spiro atoms. The maximum atomic E-state index is 11.4.